The van der Waals surface area contributed by atoms with Crippen LogP contribution >= 0.6 is 0 Å². The van der Waals surface area contributed by atoms with Gasteiger partial charge in [-0.1, -0.05) is 0 Å². The van der Waals surface area contributed by atoms with Crippen molar-refractivity contribution < 1.29 is 4.74 Å². The second-order valence-electron chi connectivity index (χ2n) is 2.78. The summed E-state index contributed by atoms with van der Waals surface area (Å²) in [4.78, 5) is 2.32. The Morgan fingerprint density at radius 3 is 2.92 bits per heavy atom. The average Bonchev–Trinajstić information content (AvgIpc) is 2.47. The summed E-state index contributed by atoms with van der Waals surface area (Å²) in [6.07, 6.45) is 0. The van der Waals surface area contributed by atoms with Gasteiger partial charge in [0.25, 0.3) is 0 Å². The van der Waals surface area contributed by atoms with Crippen LogP contribution in [0.2, 0.25) is 0 Å². The van der Waals surface area contributed by atoms with Crippen LogP contribution in [-0.4, -0.2) is 21.6 Å². The molecule has 0 atom stereocenters. The van der Waals surface area contributed by atoms with Gasteiger partial charge in [0.2, 0.25) is 0 Å². The molecule has 0 unspecified atom stereocenters. The Balaban J connectivity index is 2.69. The maximum absolute atomic E-state index is 5.16. The van der Waals surface area contributed by atoms with Gasteiger partial charge >= 0.3 is 77.4 Å². The molecule has 2 aromatic rings. The number of hydrogen-bond acceptors (Lipinski definition) is 1. The van der Waals surface area contributed by atoms with Crippen LogP contribution in [0.4, 0.5) is 0 Å². The van der Waals surface area contributed by atoms with Crippen molar-refractivity contribution in [3.8, 4) is 5.75 Å². The first kappa shape index (κ1) is 7.90. The van der Waals surface area contributed by atoms with Gasteiger partial charge in [0.1, 0.15) is 0 Å². The third-order valence-electron chi connectivity index (χ3n) is 1.98. The van der Waals surface area contributed by atoms with Gasteiger partial charge in [-0.15, -0.1) is 0 Å². The Hall–Kier alpha value is -0.721. The monoisotopic (exact) mass is 226 g/mol. The molecule has 12 heavy (non-hydrogen) atoms. The number of hydrogen-bond donors (Lipinski definition) is 0. The molecule has 2 heteroatoms. The van der Waals surface area contributed by atoms with Crippen LogP contribution < -0.4 is 4.74 Å². The van der Waals surface area contributed by atoms with Crippen LogP contribution in [0.1, 0.15) is 5.56 Å². The zero-order valence-electron chi connectivity index (χ0n) is 7.13. The van der Waals surface area contributed by atoms with Crippen molar-refractivity contribution in [3.63, 3.8) is 0 Å². The fourth-order valence-electron chi connectivity index (χ4n) is 1.27. The third kappa shape index (κ3) is 1.17. The minimum absolute atomic E-state index is 0.522. The van der Waals surface area contributed by atoms with Gasteiger partial charge in [-0.2, -0.15) is 0 Å². The van der Waals surface area contributed by atoms with E-state index in [-0.39, 0.29) is 0 Å². The van der Waals surface area contributed by atoms with Crippen molar-refractivity contribution in [3.05, 3.63) is 28.7 Å². The summed E-state index contributed by atoms with van der Waals surface area (Å²) in [5.74, 6) is 0.971. The number of rotatable bonds is 1. The third-order valence-corrected chi connectivity index (χ3v) is 4.21. The molecule has 0 bridgehead atoms. The number of aryl methyl sites for hydroxylation is 1. The van der Waals surface area contributed by atoms with Gasteiger partial charge in [-0.25, -0.2) is 0 Å². The summed E-state index contributed by atoms with van der Waals surface area (Å²) >= 11 is 0.522. The van der Waals surface area contributed by atoms with Gasteiger partial charge in [-0.05, 0) is 0 Å². The van der Waals surface area contributed by atoms with Crippen molar-refractivity contribution in [1.29, 1.82) is 0 Å². The van der Waals surface area contributed by atoms with E-state index >= 15 is 0 Å². The van der Waals surface area contributed by atoms with Crippen molar-refractivity contribution in [2.45, 2.75) is 6.92 Å². The molecule has 1 aromatic carbocycles. The molecule has 0 aliphatic carbocycles. The minimum atomic E-state index is 0.522. The van der Waals surface area contributed by atoms with E-state index in [0.717, 1.165) is 5.75 Å². The van der Waals surface area contributed by atoms with Crippen molar-refractivity contribution in [2.24, 2.45) is 0 Å². The number of fused-ring (bicyclic) bond motifs is 1. The summed E-state index contributed by atoms with van der Waals surface area (Å²) in [6, 6.07) is 6.31. The standard InChI is InChI=1S/C10H10OSe/c1-7-6-12-10-5-8(11-2)3-4-9(7)10/h3-6H,1-2H3. The quantitative estimate of drug-likeness (QED) is 0.676. The molecular formula is C10H10OSe. The van der Waals surface area contributed by atoms with Gasteiger partial charge in [-0.3, -0.25) is 0 Å². The fourth-order valence-corrected chi connectivity index (χ4v) is 3.31. The van der Waals surface area contributed by atoms with Crippen LogP contribution in [0.25, 0.3) is 9.65 Å². The predicted molar refractivity (Wildman–Crippen MR) is 52.2 cm³/mol. The Bertz CT molecular complexity index is 403. The van der Waals surface area contributed by atoms with Crippen LogP contribution in [0.3, 0.4) is 0 Å². The number of ether oxygens (including phenoxy) is 1. The van der Waals surface area contributed by atoms with E-state index in [0.29, 0.717) is 14.5 Å². The molecule has 0 aliphatic heterocycles. The molecule has 0 fully saturated rings. The van der Waals surface area contributed by atoms with E-state index in [2.05, 4.69) is 24.0 Å². The number of methoxy groups -OCH3 is 1. The molecule has 0 radical (unpaired) electrons. The first-order chi connectivity index (χ1) is 5.81. The van der Waals surface area contributed by atoms with Gasteiger partial charge < -0.3 is 0 Å². The summed E-state index contributed by atoms with van der Waals surface area (Å²) in [7, 11) is 1.71. The van der Waals surface area contributed by atoms with Crippen LogP contribution in [0.5, 0.6) is 5.75 Å². The Morgan fingerprint density at radius 1 is 1.33 bits per heavy atom. The second kappa shape index (κ2) is 2.96. The molecule has 0 aliphatic rings. The molecule has 0 saturated carbocycles. The molecule has 0 saturated heterocycles. The van der Waals surface area contributed by atoms with E-state index in [9.17, 15) is 0 Å². The van der Waals surface area contributed by atoms with Crippen molar-refractivity contribution in [1.82, 2.24) is 0 Å². The van der Waals surface area contributed by atoms with Crippen LogP contribution in [0.15, 0.2) is 23.1 Å². The molecule has 1 aromatic heterocycles. The molecule has 62 valence electrons. The second-order valence-corrected chi connectivity index (χ2v) is 4.69. The van der Waals surface area contributed by atoms with E-state index < -0.39 is 0 Å². The summed E-state index contributed by atoms with van der Waals surface area (Å²) in [5.41, 5.74) is 1.41. The summed E-state index contributed by atoms with van der Waals surface area (Å²) in [6.45, 7) is 2.17. The van der Waals surface area contributed by atoms with Crippen LogP contribution in [-0.2, 0) is 0 Å². The molecule has 0 amide bonds. The Morgan fingerprint density at radius 2 is 2.17 bits per heavy atom. The molecule has 0 spiro atoms. The van der Waals surface area contributed by atoms with E-state index in [1.807, 2.05) is 6.07 Å². The van der Waals surface area contributed by atoms with Gasteiger partial charge in [0, 0.05) is 0 Å². The average molecular weight is 225 g/mol. The number of benzene rings is 1. The van der Waals surface area contributed by atoms with E-state index in [4.69, 9.17) is 4.74 Å². The zero-order valence-corrected chi connectivity index (χ0v) is 8.84. The zero-order chi connectivity index (χ0) is 8.55. The van der Waals surface area contributed by atoms with E-state index in [1.54, 1.807) is 7.11 Å². The Kier molecular flexibility index (Phi) is 1.95. The molecule has 2 rings (SSSR count). The summed E-state index contributed by atoms with van der Waals surface area (Å²) in [5, 5.41) is 1.40. The Labute approximate surface area is 77.7 Å². The van der Waals surface area contributed by atoms with E-state index in [1.165, 1.54) is 15.2 Å². The maximum atomic E-state index is 5.16. The van der Waals surface area contributed by atoms with Crippen LogP contribution in [0, 0.1) is 6.92 Å². The SMILES string of the molecule is COc1ccc2c(C)c[se]c2c1. The van der Waals surface area contributed by atoms with Crippen molar-refractivity contribution >= 4 is 24.1 Å². The fraction of sp³-hybridized carbons (Fsp3) is 0.200. The predicted octanol–water partition coefficient (Wildman–Crippen LogP) is 2.21. The molecular weight excluding hydrogens is 215 g/mol. The first-order valence-electron chi connectivity index (χ1n) is 3.83. The molecule has 1 nitrogen and oxygen atoms in total. The molecule has 1 heterocycles. The van der Waals surface area contributed by atoms with Gasteiger partial charge in [0.05, 0.1) is 0 Å². The topological polar surface area (TPSA) is 9.23 Å². The normalized spacial score (nSPS) is 10.5. The molecule has 0 N–H and O–H groups in total. The summed E-state index contributed by atoms with van der Waals surface area (Å²) < 4.78 is 6.61. The first-order valence-corrected chi connectivity index (χ1v) is 5.67. The van der Waals surface area contributed by atoms with Crippen molar-refractivity contribution in [2.75, 3.05) is 7.11 Å². The van der Waals surface area contributed by atoms with Gasteiger partial charge in [0.15, 0.2) is 0 Å².